The molecule has 0 saturated carbocycles. The second-order valence-electron chi connectivity index (χ2n) is 4.40. The molecule has 1 aromatic carbocycles. The van der Waals surface area contributed by atoms with Gasteiger partial charge in [0.25, 0.3) is 5.91 Å². The Bertz CT molecular complexity index is 467. The average molecular weight is 274 g/mol. The summed E-state index contributed by atoms with van der Waals surface area (Å²) in [5.41, 5.74) is 0.953. The number of carbonyl (C=O) groups is 2. The molecule has 1 fully saturated rings. The van der Waals surface area contributed by atoms with Crippen molar-refractivity contribution in [3.8, 4) is 0 Å². The smallest absolute Gasteiger partial charge is 0.261 e. The van der Waals surface area contributed by atoms with E-state index < -0.39 is 0 Å². The second-order valence-corrected chi connectivity index (χ2v) is 4.40. The number of nitrogens with zero attached hydrogens (tertiary/aromatic N) is 2. The Morgan fingerprint density at radius 3 is 2.60 bits per heavy atom. The number of aldehydes is 1. The quantitative estimate of drug-likeness (QED) is 0.593. The van der Waals surface area contributed by atoms with Crippen LogP contribution in [0.5, 0.6) is 0 Å². The van der Waals surface area contributed by atoms with E-state index in [1.165, 1.54) is 11.1 Å². The highest BCUT2D eigenvalue weighted by atomic mass is 16.5. The summed E-state index contributed by atoms with van der Waals surface area (Å²) in [6.45, 7) is 2.46. The average Bonchev–Trinajstić information content (AvgIpc) is 2.52. The lowest BCUT2D eigenvalue weighted by atomic mass is 10.2. The van der Waals surface area contributed by atoms with Crippen LogP contribution in [0, 0.1) is 0 Å². The molecule has 20 heavy (non-hydrogen) atoms. The van der Waals surface area contributed by atoms with Crippen LogP contribution in [0.1, 0.15) is 5.56 Å². The first-order valence-corrected chi connectivity index (χ1v) is 6.62. The van der Waals surface area contributed by atoms with Gasteiger partial charge in [-0.05, 0) is 11.6 Å². The van der Waals surface area contributed by atoms with Gasteiger partial charge in [0.05, 0.1) is 19.8 Å². The van der Waals surface area contributed by atoms with Gasteiger partial charge < -0.3 is 9.53 Å². The Balaban J connectivity index is 2.02. The third-order valence-corrected chi connectivity index (χ3v) is 3.05. The minimum atomic E-state index is -0.192. The van der Waals surface area contributed by atoms with Crippen molar-refractivity contribution in [3.05, 3.63) is 42.0 Å². The number of hydrogen-bond donors (Lipinski definition) is 0. The van der Waals surface area contributed by atoms with Crippen LogP contribution < -0.4 is 0 Å². The third kappa shape index (κ3) is 4.01. The van der Waals surface area contributed by atoms with Crippen molar-refractivity contribution in [2.24, 2.45) is 0 Å². The number of hydrazine groups is 1. The molecule has 0 bridgehead atoms. The normalized spacial score (nSPS) is 16.2. The molecule has 1 aliphatic heterocycles. The van der Waals surface area contributed by atoms with Crippen molar-refractivity contribution in [1.82, 2.24) is 10.0 Å². The summed E-state index contributed by atoms with van der Waals surface area (Å²) in [6, 6.07) is 9.58. The molecule has 0 unspecified atom stereocenters. The standard InChI is InChI=1S/C15H18N2O3/c18-11-8-17(16-9-12-20-13-10-16)15(19)7-6-14-4-2-1-3-5-14/h1-7,11H,8-10,12-13H2/b7-6+. The zero-order valence-corrected chi connectivity index (χ0v) is 11.3. The van der Waals surface area contributed by atoms with Gasteiger partial charge in [0, 0.05) is 19.2 Å². The van der Waals surface area contributed by atoms with Gasteiger partial charge in [0.15, 0.2) is 0 Å². The Kier molecular flexibility index (Phi) is 5.46. The molecule has 0 atom stereocenters. The van der Waals surface area contributed by atoms with Crippen molar-refractivity contribution in [1.29, 1.82) is 0 Å². The van der Waals surface area contributed by atoms with Gasteiger partial charge in [0.2, 0.25) is 0 Å². The Hall–Kier alpha value is -1.98. The fourth-order valence-electron chi connectivity index (χ4n) is 2.03. The van der Waals surface area contributed by atoms with Crippen molar-refractivity contribution in [2.75, 3.05) is 32.8 Å². The van der Waals surface area contributed by atoms with Crippen LogP contribution in [0.4, 0.5) is 0 Å². The molecule has 106 valence electrons. The summed E-state index contributed by atoms with van der Waals surface area (Å²) in [7, 11) is 0. The molecule has 0 spiro atoms. The van der Waals surface area contributed by atoms with Crippen LogP contribution in [0.15, 0.2) is 36.4 Å². The van der Waals surface area contributed by atoms with Gasteiger partial charge >= 0.3 is 0 Å². The lowest BCUT2D eigenvalue weighted by molar-refractivity contribution is -0.153. The van der Waals surface area contributed by atoms with Gasteiger partial charge in [-0.3, -0.25) is 9.80 Å². The van der Waals surface area contributed by atoms with E-state index in [1.807, 2.05) is 35.3 Å². The topological polar surface area (TPSA) is 49.9 Å². The maximum Gasteiger partial charge on any atom is 0.261 e. The van der Waals surface area contributed by atoms with Gasteiger partial charge in [-0.2, -0.15) is 0 Å². The fraction of sp³-hybridized carbons (Fsp3) is 0.333. The third-order valence-electron chi connectivity index (χ3n) is 3.05. The van der Waals surface area contributed by atoms with Crippen LogP contribution in [-0.4, -0.2) is 55.1 Å². The number of rotatable bonds is 5. The van der Waals surface area contributed by atoms with Gasteiger partial charge in [-0.25, -0.2) is 5.01 Å². The summed E-state index contributed by atoms with van der Waals surface area (Å²) in [5.74, 6) is -0.192. The minimum Gasteiger partial charge on any atom is -0.379 e. The number of benzene rings is 1. The molecule has 1 amide bonds. The fourth-order valence-corrected chi connectivity index (χ4v) is 2.03. The summed E-state index contributed by atoms with van der Waals surface area (Å²) in [4.78, 5) is 23.0. The lowest BCUT2D eigenvalue weighted by Crippen LogP contribution is -2.51. The molecule has 1 heterocycles. The maximum absolute atomic E-state index is 12.2. The molecular weight excluding hydrogens is 256 g/mol. The van der Waals surface area contributed by atoms with Crippen LogP contribution in [0.2, 0.25) is 0 Å². The van der Waals surface area contributed by atoms with E-state index in [0.29, 0.717) is 26.3 Å². The summed E-state index contributed by atoms with van der Waals surface area (Å²) < 4.78 is 5.25. The van der Waals surface area contributed by atoms with E-state index in [4.69, 9.17) is 4.74 Å². The van der Waals surface area contributed by atoms with E-state index in [9.17, 15) is 9.59 Å². The van der Waals surface area contributed by atoms with Gasteiger partial charge in [-0.1, -0.05) is 30.3 Å². The van der Waals surface area contributed by atoms with Crippen LogP contribution in [0.3, 0.4) is 0 Å². The SMILES string of the molecule is O=CCN(C(=O)/C=C/c1ccccc1)N1CCOCC1. The van der Waals surface area contributed by atoms with Crippen LogP contribution in [-0.2, 0) is 14.3 Å². The summed E-state index contributed by atoms with van der Waals surface area (Å²) in [6.07, 6.45) is 3.98. The lowest BCUT2D eigenvalue weighted by Gasteiger charge is -2.35. The second kappa shape index (κ2) is 7.57. The number of hydrogen-bond acceptors (Lipinski definition) is 4. The minimum absolute atomic E-state index is 0.0674. The summed E-state index contributed by atoms with van der Waals surface area (Å²) >= 11 is 0. The zero-order chi connectivity index (χ0) is 14.2. The molecular formula is C15H18N2O3. The van der Waals surface area contributed by atoms with E-state index in [1.54, 1.807) is 6.08 Å². The largest absolute Gasteiger partial charge is 0.379 e. The molecule has 1 aromatic rings. The van der Waals surface area contributed by atoms with E-state index in [2.05, 4.69) is 0 Å². The predicted octanol–water partition coefficient (Wildman–Crippen LogP) is 0.975. The Morgan fingerprint density at radius 2 is 1.95 bits per heavy atom. The number of morpholine rings is 1. The molecule has 5 nitrogen and oxygen atoms in total. The van der Waals surface area contributed by atoms with Gasteiger partial charge in [-0.15, -0.1) is 0 Å². The van der Waals surface area contributed by atoms with Gasteiger partial charge in [0.1, 0.15) is 6.29 Å². The molecule has 5 heteroatoms. The van der Waals surface area contributed by atoms with Crippen molar-refractivity contribution < 1.29 is 14.3 Å². The highest BCUT2D eigenvalue weighted by molar-refractivity contribution is 5.92. The zero-order valence-electron chi connectivity index (χ0n) is 11.3. The Labute approximate surface area is 118 Å². The molecule has 1 aliphatic rings. The first kappa shape index (κ1) is 14.4. The number of amides is 1. The molecule has 0 radical (unpaired) electrons. The number of carbonyl (C=O) groups excluding carboxylic acids is 2. The van der Waals surface area contributed by atoms with E-state index in [0.717, 1.165) is 11.8 Å². The first-order valence-electron chi connectivity index (χ1n) is 6.62. The maximum atomic E-state index is 12.2. The van der Waals surface area contributed by atoms with Crippen molar-refractivity contribution in [3.63, 3.8) is 0 Å². The molecule has 2 rings (SSSR count). The van der Waals surface area contributed by atoms with Crippen molar-refractivity contribution >= 4 is 18.3 Å². The molecule has 1 saturated heterocycles. The van der Waals surface area contributed by atoms with Crippen LogP contribution >= 0.6 is 0 Å². The predicted molar refractivity (Wildman–Crippen MR) is 75.6 cm³/mol. The molecule has 0 aliphatic carbocycles. The first-order chi connectivity index (χ1) is 9.81. The van der Waals surface area contributed by atoms with E-state index >= 15 is 0 Å². The summed E-state index contributed by atoms with van der Waals surface area (Å²) in [5, 5.41) is 3.32. The Morgan fingerprint density at radius 1 is 1.25 bits per heavy atom. The van der Waals surface area contributed by atoms with Crippen molar-refractivity contribution in [2.45, 2.75) is 0 Å². The highest BCUT2D eigenvalue weighted by Crippen LogP contribution is 2.06. The van der Waals surface area contributed by atoms with E-state index in [-0.39, 0.29) is 12.5 Å². The highest BCUT2D eigenvalue weighted by Gasteiger charge is 2.21. The monoisotopic (exact) mass is 274 g/mol. The van der Waals surface area contributed by atoms with Crippen LogP contribution in [0.25, 0.3) is 6.08 Å². The molecule has 0 N–H and O–H groups in total. The number of ether oxygens (including phenoxy) is 1. The molecule has 0 aromatic heterocycles.